The van der Waals surface area contributed by atoms with Crippen molar-refractivity contribution < 1.29 is 23.1 Å². The fourth-order valence-electron chi connectivity index (χ4n) is 2.88. The first-order valence-electron chi connectivity index (χ1n) is 9.43. The van der Waals surface area contributed by atoms with Crippen molar-refractivity contribution in [1.82, 2.24) is 10.3 Å². The van der Waals surface area contributed by atoms with Crippen LogP contribution in [0.1, 0.15) is 28.2 Å². The van der Waals surface area contributed by atoms with Gasteiger partial charge < -0.3 is 10.4 Å². The minimum absolute atomic E-state index is 0.114. The average Bonchev–Trinajstić information content (AvgIpc) is 3.15. The van der Waals surface area contributed by atoms with Gasteiger partial charge in [0, 0.05) is 13.0 Å². The maximum atomic E-state index is 12.3. The van der Waals surface area contributed by atoms with E-state index in [0.717, 1.165) is 10.2 Å². The van der Waals surface area contributed by atoms with E-state index >= 15 is 0 Å². The lowest BCUT2D eigenvalue weighted by Crippen LogP contribution is -2.39. The molecule has 3 rings (SSSR count). The minimum atomic E-state index is -3.64. The molecular formula is C21H22N2O5S2. The molecule has 158 valence electrons. The Morgan fingerprint density at radius 2 is 1.77 bits per heavy atom. The lowest BCUT2D eigenvalue weighted by Gasteiger charge is -2.12. The summed E-state index contributed by atoms with van der Waals surface area (Å²) in [6.07, 6.45) is -1.09. The summed E-state index contributed by atoms with van der Waals surface area (Å²) in [6, 6.07) is 16.1. The van der Waals surface area contributed by atoms with Crippen LogP contribution >= 0.6 is 11.3 Å². The van der Waals surface area contributed by atoms with E-state index in [9.17, 15) is 23.1 Å². The van der Waals surface area contributed by atoms with Crippen LogP contribution in [0.4, 0.5) is 0 Å². The number of nitrogens with zero attached hydrogens (tertiary/aromatic N) is 1. The number of hydrogen-bond acceptors (Lipinski definition) is 7. The molecule has 0 saturated carbocycles. The van der Waals surface area contributed by atoms with Crippen LogP contribution in [0, 0.1) is 0 Å². The zero-order valence-corrected chi connectivity index (χ0v) is 17.8. The number of hydrogen-bond donors (Lipinski definition) is 2. The van der Waals surface area contributed by atoms with Gasteiger partial charge in [-0.25, -0.2) is 13.4 Å². The van der Waals surface area contributed by atoms with Gasteiger partial charge >= 0.3 is 0 Å². The molecule has 1 unspecified atom stereocenters. The maximum absolute atomic E-state index is 12.3. The predicted octanol–water partition coefficient (Wildman–Crippen LogP) is 2.35. The SMILES string of the molecule is O=C(CCCNC(=O)C(O)CS(=O)(=O)Cc1ccccc1)c1nc2ccccc2s1. The highest BCUT2D eigenvalue weighted by atomic mass is 32.2. The third-order valence-corrected chi connectivity index (χ3v) is 7.03. The molecule has 0 aliphatic carbocycles. The highest BCUT2D eigenvalue weighted by molar-refractivity contribution is 7.90. The summed E-state index contributed by atoms with van der Waals surface area (Å²) in [5, 5.41) is 12.8. The van der Waals surface area contributed by atoms with Crippen LogP contribution in [0.5, 0.6) is 0 Å². The van der Waals surface area contributed by atoms with Crippen LogP contribution in [0.2, 0.25) is 0 Å². The number of carbonyl (C=O) groups excluding carboxylic acids is 2. The van der Waals surface area contributed by atoms with E-state index in [1.54, 1.807) is 30.3 Å². The highest BCUT2D eigenvalue weighted by Gasteiger charge is 2.23. The normalized spacial score (nSPS) is 12.6. The highest BCUT2D eigenvalue weighted by Crippen LogP contribution is 2.22. The van der Waals surface area contributed by atoms with E-state index in [1.807, 2.05) is 24.3 Å². The molecule has 0 saturated heterocycles. The second-order valence-electron chi connectivity index (χ2n) is 6.86. The van der Waals surface area contributed by atoms with Gasteiger partial charge in [-0.05, 0) is 24.1 Å². The molecule has 1 amide bonds. The smallest absolute Gasteiger partial charge is 0.249 e. The summed E-state index contributed by atoms with van der Waals surface area (Å²) in [6.45, 7) is 0.158. The van der Waals surface area contributed by atoms with Crippen LogP contribution in [0.25, 0.3) is 10.2 Å². The molecule has 1 atom stereocenters. The van der Waals surface area contributed by atoms with Crippen molar-refractivity contribution in [2.24, 2.45) is 0 Å². The largest absolute Gasteiger partial charge is 0.382 e. The zero-order valence-electron chi connectivity index (χ0n) is 16.2. The summed E-state index contributed by atoms with van der Waals surface area (Å²) < 4.78 is 25.3. The van der Waals surface area contributed by atoms with E-state index in [4.69, 9.17) is 0 Å². The molecule has 2 N–H and O–H groups in total. The van der Waals surface area contributed by atoms with Gasteiger partial charge in [0.2, 0.25) is 5.91 Å². The number of carbonyl (C=O) groups is 2. The molecular weight excluding hydrogens is 424 g/mol. The summed E-state index contributed by atoms with van der Waals surface area (Å²) in [5.74, 6) is -1.77. The second-order valence-corrected chi connectivity index (χ2v) is 10.0. The lowest BCUT2D eigenvalue weighted by atomic mass is 10.2. The minimum Gasteiger partial charge on any atom is -0.382 e. The van der Waals surface area contributed by atoms with Crippen molar-refractivity contribution in [1.29, 1.82) is 0 Å². The first-order valence-corrected chi connectivity index (χ1v) is 12.1. The topological polar surface area (TPSA) is 113 Å². The molecule has 1 aromatic heterocycles. The van der Waals surface area contributed by atoms with Crippen molar-refractivity contribution in [3.05, 3.63) is 65.2 Å². The van der Waals surface area contributed by atoms with E-state index < -0.39 is 27.6 Å². The Morgan fingerprint density at radius 3 is 2.50 bits per heavy atom. The number of Topliss-reactive ketones (excluding diaryl/α,β-unsaturated/α-hetero) is 1. The summed E-state index contributed by atoms with van der Waals surface area (Å²) in [4.78, 5) is 28.5. The number of benzene rings is 2. The Balaban J connectivity index is 1.41. The number of amides is 1. The van der Waals surface area contributed by atoms with Gasteiger partial charge in [0.15, 0.2) is 20.6 Å². The fourth-order valence-corrected chi connectivity index (χ4v) is 5.26. The Bertz CT molecular complexity index is 1090. The molecule has 9 heteroatoms. The average molecular weight is 447 g/mol. The Kier molecular flexibility index (Phi) is 7.30. The molecule has 0 aliphatic rings. The van der Waals surface area contributed by atoms with Gasteiger partial charge in [-0.3, -0.25) is 9.59 Å². The summed E-state index contributed by atoms with van der Waals surface area (Å²) >= 11 is 1.33. The molecule has 0 aliphatic heterocycles. The predicted molar refractivity (Wildman–Crippen MR) is 116 cm³/mol. The first kappa shape index (κ1) is 22.1. The van der Waals surface area contributed by atoms with Crippen molar-refractivity contribution in [2.75, 3.05) is 12.3 Å². The third-order valence-electron chi connectivity index (χ3n) is 4.36. The number of aliphatic hydroxyl groups is 1. The van der Waals surface area contributed by atoms with Gasteiger partial charge in [-0.1, -0.05) is 42.5 Å². The van der Waals surface area contributed by atoms with Crippen molar-refractivity contribution in [3.63, 3.8) is 0 Å². The molecule has 0 radical (unpaired) electrons. The number of fused-ring (bicyclic) bond motifs is 1. The van der Waals surface area contributed by atoms with E-state index in [2.05, 4.69) is 10.3 Å². The number of nitrogens with one attached hydrogen (secondary N) is 1. The van der Waals surface area contributed by atoms with Gasteiger partial charge in [0.05, 0.1) is 21.7 Å². The van der Waals surface area contributed by atoms with Crippen molar-refractivity contribution in [2.45, 2.75) is 24.7 Å². The van der Waals surface area contributed by atoms with Gasteiger partial charge in [0.1, 0.15) is 6.10 Å². The number of aromatic nitrogens is 1. The third kappa shape index (κ3) is 6.19. The van der Waals surface area contributed by atoms with Gasteiger partial charge in [-0.2, -0.15) is 0 Å². The Labute approximate surface area is 178 Å². The molecule has 2 aromatic carbocycles. The van der Waals surface area contributed by atoms with Crippen LogP contribution in [0.15, 0.2) is 54.6 Å². The number of rotatable bonds is 10. The van der Waals surface area contributed by atoms with Crippen molar-refractivity contribution in [3.8, 4) is 0 Å². The second kappa shape index (κ2) is 9.92. The van der Waals surface area contributed by atoms with Crippen LogP contribution < -0.4 is 5.32 Å². The molecule has 3 aromatic rings. The molecule has 0 bridgehead atoms. The number of para-hydroxylation sites is 1. The maximum Gasteiger partial charge on any atom is 0.249 e. The molecule has 7 nitrogen and oxygen atoms in total. The standard InChI is InChI=1S/C21H22N2O5S2/c24-17(21-23-16-9-4-5-11-19(16)29-21)10-6-12-22-20(26)18(25)14-30(27,28)13-15-7-2-1-3-8-15/h1-5,7-9,11,18,25H,6,10,12-14H2,(H,22,26). The summed E-state index contributed by atoms with van der Waals surface area (Å²) in [7, 11) is -3.64. The Morgan fingerprint density at radius 1 is 1.07 bits per heavy atom. The molecule has 30 heavy (non-hydrogen) atoms. The van der Waals surface area contributed by atoms with Gasteiger partial charge in [-0.15, -0.1) is 11.3 Å². The van der Waals surface area contributed by atoms with E-state index in [0.29, 0.717) is 17.0 Å². The first-order chi connectivity index (χ1) is 14.3. The van der Waals surface area contributed by atoms with E-state index in [-0.39, 0.29) is 24.5 Å². The number of sulfone groups is 1. The van der Waals surface area contributed by atoms with Gasteiger partial charge in [0.25, 0.3) is 0 Å². The van der Waals surface area contributed by atoms with Crippen LogP contribution in [-0.4, -0.2) is 48.6 Å². The van der Waals surface area contributed by atoms with E-state index in [1.165, 1.54) is 11.3 Å². The number of ketones is 1. The van der Waals surface area contributed by atoms with Crippen LogP contribution in [-0.2, 0) is 20.4 Å². The summed E-state index contributed by atoms with van der Waals surface area (Å²) in [5.41, 5.74) is 1.37. The van der Waals surface area contributed by atoms with Crippen molar-refractivity contribution >= 4 is 43.1 Å². The quantitative estimate of drug-likeness (QED) is 0.365. The number of thiazole rings is 1. The monoisotopic (exact) mass is 446 g/mol. The molecule has 0 spiro atoms. The van der Waals surface area contributed by atoms with Crippen LogP contribution in [0.3, 0.4) is 0 Å². The fraction of sp³-hybridized carbons (Fsp3) is 0.286. The zero-order chi connectivity index (χ0) is 21.6. The Hall–Kier alpha value is -2.62. The molecule has 1 heterocycles. The number of aliphatic hydroxyl groups excluding tert-OH is 1. The lowest BCUT2D eigenvalue weighted by molar-refractivity contribution is -0.128. The molecule has 0 fully saturated rings.